The summed E-state index contributed by atoms with van der Waals surface area (Å²) in [5, 5.41) is 3.31. The average Bonchev–Trinajstić information content (AvgIpc) is 2.34. The van der Waals surface area contributed by atoms with E-state index in [1.54, 1.807) is 0 Å². The maximum absolute atomic E-state index is 11.6. The van der Waals surface area contributed by atoms with Crippen molar-refractivity contribution < 1.29 is 9.47 Å². The summed E-state index contributed by atoms with van der Waals surface area (Å²) in [6.45, 7) is 9.96. The van der Waals surface area contributed by atoms with Crippen molar-refractivity contribution in [1.82, 2.24) is 15.3 Å². The molecule has 1 fully saturated rings. The summed E-state index contributed by atoms with van der Waals surface area (Å²) >= 11 is 0. The SMILES string of the molecule is CC(C)c1nc(OCC2CNCC(C)(C)O2)cc(=O)[nH]1. The Hall–Kier alpha value is -1.40. The third-order valence-electron chi connectivity index (χ3n) is 3.11. The molecule has 0 radical (unpaired) electrons. The Morgan fingerprint density at radius 1 is 1.55 bits per heavy atom. The van der Waals surface area contributed by atoms with E-state index >= 15 is 0 Å². The number of nitrogens with one attached hydrogen (secondary N) is 2. The Balaban J connectivity index is 1.98. The summed E-state index contributed by atoms with van der Waals surface area (Å²) in [4.78, 5) is 18.6. The Labute approximate surface area is 118 Å². The molecule has 1 aromatic rings. The van der Waals surface area contributed by atoms with Crippen LogP contribution in [-0.4, -0.2) is 41.4 Å². The smallest absolute Gasteiger partial charge is 0.254 e. The van der Waals surface area contributed by atoms with Gasteiger partial charge in [-0.05, 0) is 13.8 Å². The molecular weight excluding hydrogens is 258 g/mol. The highest BCUT2D eigenvalue weighted by Gasteiger charge is 2.28. The average molecular weight is 281 g/mol. The highest BCUT2D eigenvalue weighted by molar-refractivity contribution is 5.10. The molecule has 6 heteroatoms. The van der Waals surface area contributed by atoms with Crippen LogP contribution < -0.4 is 15.6 Å². The molecule has 0 spiro atoms. The van der Waals surface area contributed by atoms with Crippen molar-refractivity contribution >= 4 is 0 Å². The summed E-state index contributed by atoms with van der Waals surface area (Å²) in [6, 6.07) is 1.37. The van der Waals surface area contributed by atoms with Crippen LogP contribution in [-0.2, 0) is 4.74 Å². The fourth-order valence-corrected chi connectivity index (χ4v) is 2.14. The quantitative estimate of drug-likeness (QED) is 0.862. The standard InChI is InChI=1S/C14H23N3O3/c1-9(2)13-16-11(18)5-12(17-13)19-7-10-6-15-8-14(3,4)20-10/h5,9-10,15H,6-8H2,1-4H3,(H,16,17,18). The molecule has 2 N–H and O–H groups in total. The van der Waals surface area contributed by atoms with Crippen molar-refractivity contribution in [2.24, 2.45) is 0 Å². The number of aromatic nitrogens is 2. The van der Waals surface area contributed by atoms with Crippen LogP contribution >= 0.6 is 0 Å². The Bertz CT molecular complexity index is 511. The summed E-state index contributed by atoms with van der Waals surface area (Å²) in [5.74, 6) is 1.14. The number of hydrogen-bond acceptors (Lipinski definition) is 5. The first-order valence-electron chi connectivity index (χ1n) is 6.98. The first-order chi connectivity index (χ1) is 9.35. The fraction of sp³-hybridized carbons (Fsp3) is 0.714. The Kier molecular flexibility index (Phi) is 4.45. The predicted molar refractivity (Wildman–Crippen MR) is 76.3 cm³/mol. The second-order valence-electron chi connectivity index (χ2n) is 6.07. The molecule has 2 rings (SSSR count). The molecule has 112 valence electrons. The minimum atomic E-state index is -0.197. The van der Waals surface area contributed by atoms with Crippen molar-refractivity contribution in [2.75, 3.05) is 19.7 Å². The maximum Gasteiger partial charge on any atom is 0.254 e. The second-order valence-corrected chi connectivity index (χ2v) is 6.07. The molecule has 6 nitrogen and oxygen atoms in total. The number of aromatic amines is 1. The lowest BCUT2D eigenvalue weighted by Gasteiger charge is -2.36. The summed E-state index contributed by atoms with van der Waals surface area (Å²) in [6.07, 6.45) is -0.0395. The van der Waals surface area contributed by atoms with E-state index in [9.17, 15) is 4.79 Å². The van der Waals surface area contributed by atoms with E-state index in [0.717, 1.165) is 13.1 Å². The minimum Gasteiger partial charge on any atom is -0.475 e. The molecule has 1 aliphatic heterocycles. The summed E-state index contributed by atoms with van der Waals surface area (Å²) in [5.41, 5.74) is -0.390. The van der Waals surface area contributed by atoms with Gasteiger partial charge in [0, 0.05) is 19.0 Å². The molecule has 1 aliphatic rings. The number of nitrogens with zero attached hydrogens (tertiary/aromatic N) is 1. The molecule has 2 heterocycles. The molecule has 0 saturated carbocycles. The largest absolute Gasteiger partial charge is 0.475 e. The highest BCUT2D eigenvalue weighted by Crippen LogP contribution is 2.16. The molecule has 1 atom stereocenters. The highest BCUT2D eigenvalue weighted by atomic mass is 16.6. The number of morpholine rings is 1. The van der Waals surface area contributed by atoms with Gasteiger partial charge in [0.1, 0.15) is 18.5 Å². The second kappa shape index (κ2) is 5.93. The van der Waals surface area contributed by atoms with E-state index in [1.165, 1.54) is 6.07 Å². The molecule has 0 aromatic carbocycles. The first-order valence-corrected chi connectivity index (χ1v) is 6.98. The van der Waals surface area contributed by atoms with E-state index in [2.05, 4.69) is 15.3 Å². The van der Waals surface area contributed by atoms with Gasteiger partial charge in [-0.25, -0.2) is 0 Å². The van der Waals surface area contributed by atoms with Crippen molar-refractivity contribution in [2.45, 2.75) is 45.3 Å². The zero-order valence-corrected chi connectivity index (χ0v) is 12.5. The van der Waals surface area contributed by atoms with Crippen LogP contribution in [0.1, 0.15) is 39.4 Å². The van der Waals surface area contributed by atoms with Gasteiger partial charge in [-0.15, -0.1) is 0 Å². The zero-order chi connectivity index (χ0) is 14.8. The van der Waals surface area contributed by atoms with Gasteiger partial charge in [0.15, 0.2) is 0 Å². The van der Waals surface area contributed by atoms with E-state index in [4.69, 9.17) is 9.47 Å². The molecular formula is C14H23N3O3. The van der Waals surface area contributed by atoms with Crippen molar-refractivity contribution in [3.8, 4) is 5.88 Å². The third-order valence-corrected chi connectivity index (χ3v) is 3.11. The summed E-state index contributed by atoms with van der Waals surface area (Å²) in [7, 11) is 0. The van der Waals surface area contributed by atoms with Gasteiger partial charge in [0.2, 0.25) is 5.88 Å². The lowest BCUT2D eigenvalue weighted by atomic mass is 10.1. The normalized spacial score (nSPS) is 21.9. The molecule has 0 bridgehead atoms. The predicted octanol–water partition coefficient (Wildman–Crippen LogP) is 1.04. The Morgan fingerprint density at radius 2 is 2.30 bits per heavy atom. The van der Waals surface area contributed by atoms with Gasteiger partial charge in [-0.1, -0.05) is 13.8 Å². The van der Waals surface area contributed by atoms with E-state index in [-0.39, 0.29) is 23.2 Å². The lowest BCUT2D eigenvalue weighted by Crippen LogP contribution is -2.52. The number of ether oxygens (including phenoxy) is 2. The third kappa shape index (κ3) is 4.05. The molecule has 0 amide bonds. The van der Waals surface area contributed by atoms with Gasteiger partial charge in [0.05, 0.1) is 11.7 Å². The monoisotopic (exact) mass is 281 g/mol. The van der Waals surface area contributed by atoms with Gasteiger partial charge in [-0.2, -0.15) is 4.98 Å². The van der Waals surface area contributed by atoms with Crippen molar-refractivity contribution in [3.05, 3.63) is 22.2 Å². The van der Waals surface area contributed by atoms with Crippen LogP contribution in [0.15, 0.2) is 10.9 Å². The Morgan fingerprint density at radius 3 is 2.95 bits per heavy atom. The van der Waals surface area contributed by atoms with Gasteiger partial charge >= 0.3 is 0 Å². The summed E-state index contributed by atoms with van der Waals surface area (Å²) < 4.78 is 11.5. The lowest BCUT2D eigenvalue weighted by molar-refractivity contribution is -0.107. The van der Waals surface area contributed by atoms with Crippen LogP contribution in [0.3, 0.4) is 0 Å². The molecule has 1 unspecified atom stereocenters. The van der Waals surface area contributed by atoms with E-state index in [1.807, 2.05) is 27.7 Å². The van der Waals surface area contributed by atoms with Crippen molar-refractivity contribution in [1.29, 1.82) is 0 Å². The van der Waals surface area contributed by atoms with Crippen LogP contribution in [0.5, 0.6) is 5.88 Å². The molecule has 1 saturated heterocycles. The van der Waals surface area contributed by atoms with Gasteiger partial charge < -0.3 is 19.8 Å². The maximum atomic E-state index is 11.6. The number of rotatable bonds is 4. The van der Waals surface area contributed by atoms with Crippen LogP contribution in [0.25, 0.3) is 0 Å². The van der Waals surface area contributed by atoms with E-state index in [0.29, 0.717) is 18.3 Å². The molecule has 1 aromatic heterocycles. The van der Waals surface area contributed by atoms with Crippen LogP contribution in [0.4, 0.5) is 0 Å². The van der Waals surface area contributed by atoms with E-state index < -0.39 is 0 Å². The first kappa shape index (κ1) is 15.0. The van der Waals surface area contributed by atoms with Crippen molar-refractivity contribution in [3.63, 3.8) is 0 Å². The van der Waals surface area contributed by atoms with Crippen LogP contribution in [0.2, 0.25) is 0 Å². The zero-order valence-electron chi connectivity index (χ0n) is 12.5. The van der Waals surface area contributed by atoms with Crippen LogP contribution in [0, 0.1) is 0 Å². The molecule has 20 heavy (non-hydrogen) atoms. The number of hydrogen-bond donors (Lipinski definition) is 2. The van der Waals surface area contributed by atoms with Gasteiger partial charge in [-0.3, -0.25) is 4.79 Å². The molecule has 0 aliphatic carbocycles. The minimum absolute atomic E-state index is 0.0395. The fourth-order valence-electron chi connectivity index (χ4n) is 2.14. The number of H-pyrrole nitrogens is 1. The van der Waals surface area contributed by atoms with Gasteiger partial charge in [0.25, 0.3) is 5.56 Å². The topological polar surface area (TPSA) is 76.2 Å².